The number of nitrogens with zero attached hydrogens (tertiary/aromatic N) is 2. The lowest BCUT2D eigenvalue weighted by molar-refractivity contribution is -0.129. The monoisotopic (exact) mass is 439 g/mol. The number of anilines is 1. The number of nitrogens with one attached hydrogen (secondary N) is 3. The largest absolute Gasteiger partial charge is 0.444 e. The molecule has 1 aliphatic heterocycles. The van der Waals surface area contributed by atoms with Gasteiger partial charge in [-0.3, -0.25) is 9.59 Å². The first-order valence-corrected chi connectivity index (χ1v) is 10.8. The fourth-order valence-corrected chi connectivity index (χ4v) is 3.98. The SMILES string of the molecule is CC(C)(C)C(=O)N[C@H]1CC[C@@H](NC(=O)O[C@@H]2CCN(c3cn[nH]c(=O)c3Cl)C2)CC1. The second-order valence-corrected chi connectivity index (χ2v) is 9.45. The number of aromatic amines is 1. The van der Waals surface area contributed by atoms with E-state index >= 15 is 0 Å². The van der Waals surface area contributed by atoms with E-state index < -0.39 is 17.1 Å². The molecule has 2 fully saturated rings. The Balaban J connectivity index is 1.41. The van der Waals surface area contributed by atoms with Gasteiger partial charge in [-0.1, -0.05) is 32.4 Å². The molecule has 0 unspecified atom stereocenters. The molecule has 0 bridgehead atoms. The van der Waals surface area contributed by atoms with Crippen LogP contribution < -0.4 is 21.1 Å². The van der Waals surface area contributed by atoms with Gasteiger partial charge in [0, 0.05) is 30.5 Å². The summed E-state index contributed by atoms with van der Waals surface area (Å²) in [6.07, 6.45) is 4.72. The van der Waals surface area contributed by atoms with Crippen molar-refractivity contribution in [2.24, 2.45) is 5.41 Å². The Morgan fingerprint density at radius 2 is 1.80 bits per heavy atom. The Morgan fingerprint density at radius 1 is 1.17 bits per heavy atom. The van der Waals surface area contributed by atoms with E-state index in [-0.39, 0.29) is 29.1 Å². The van der Waals surface area contributed by atoms with Gasteiger partial charge < -0.3 is 20.3 Å². The molecule has 1 aliphatic carbocycles. The average Bonchev–Trinajstić information content (AvgIpc) is 3.12. The Kier molecular flexibility index (Phi) is 6.90. The van der Waals surface area contributed by atoms with Gasteiger partial charge >= 0.3 is 6.09 Å². The number of ether oxygens (including phenoxy) is 1. The zero-order valence-corrected chi connectivity index (χ0v) is 18.4. The first-order valence-electron chi connectivity index (χ1n) is 10.4. The maximum Gasteiger partial charge on any atom is 0.407 e. The number of aromatic nitrogens is 2. The normalized spacial score (nSPS) is 24.4. The van der Waals surface area contributed by atoms with Crippen molar-refractivity contribution < 1.29 is 14.3 Å². The van der Waals surface area contributed by atoms with E-state index in [0.717, 1.165) is 25.7 Å². The number of hydrogen-bond acceptors (Lipinski definition) is 6. The molecule has 1 aromatic heterocycles. The van der Waals surface area contributed by atoms with E-state index in [4.69, 9.17) is 16.3 Å². The topological polar surface area (TPSA) is 116 Å². The zero-order valence-electron chi connectivity index (χ0n) is 17.7. The summed E-state index contributed by atoms with van der Waals surface area (Å²) < 4.78 is 5.56. The average molecular weight is 440 g/mol. The third-order valence-electron chi connectivity index (χ3n) is 5.60. The first-order chi connectivity index (χ1) is 14.1. The molecule has 3 rings (SSSR count). The second-order valence-electron chi connectivity index (χ2n) is 9.08. The van der Waals surface area contributed by atoms with Gasteiger partial charge in [0.05, 0.1) is 18.4 Å². The highest BCUT2D eigenvalue weighted by atomic mass is 35.5. The van der Waals surface area contributed by atoms with E-state index in [9.17, 15) is 14.4 Å². The van der Waals surface area contributed by atoms with Crippen LogP contribution in [0.3, 0.4) is 0 Å². The van der Waals surface area contributed by atoms with Crippen molar-refractivity contribution in [3.05, 3.63) is 21.6 Å². The molecule has 1 aromatic rings. The maximum absolute atomic E-state index is 12.3. The smallest absolute Gasteiger partial charge is 0.407 e. The van der Waals surface area contributed by atoms with Crippen molar-refractivity contribution in [1.82, 2.24) is 20.8 Å². The van der Waals surface area contributed by atoms with Gasteiger partial charge in [-0.05, 0) is 25.7 Å². The lowest BCUT2D eigenvalue weighted by atomic mass is 9.89. The van der Waals surface area contributed by atoms with Crippen LogP contribution in [0.4, 0.5) is 10.5 Å². The van der Waals surface area contributed by atoms with Gasteiger partial charge in [-0.25, -0.2) is 9.89 Å². The number of rotatable bonds is 4. The third kappa shape index (κ3) is 5.65. The maximum atomic E-state index is 12.3. The molecule has 1 saturated heterocycles. The summed E-state index contributed by atoms with van der Waals surface area (Å²) in [5, 5.41) is 12.2. The van der Waals surface area contributed by atoms with Crippen LogP contribution in [0.5, 0.6) is 0 Å². The highest BCUT2D eigenvalue weighted by Crippen LogP contribution is 2.26. The van der Waals surface area contributed by atoms with E-state index in [0.29, 0.717) is 25.2 Å². The van der Waals surface area contributed by atoms with Crippen molar-refractivity contribution in [2.45, 2.75) is 71.1 Å². The minimum absolute atomic E-state index is 0.0455. The van der Waals surface area contributed by atoms with Crippen LogP contribution in [-0.2, 0) is 9.53 Å². The Labute approximate surface area is 180 Å². The van der Waals surface area contributed by atoms with E-state index in [1.54, 1.807) is 0 Å². The number of alkyl carbamates (subject to hydrolysis) is 1. The van der Waals surface area contributed by atoms with Gasteiger partial charge in [0.1, 0.15) is 11.1 Å². The number of carbonyl (C=O) groups is 2. The second kappa shape index (κ2) is 9.24. The van der Waals surface area contributed by atoms with Gasteiger partial charge in [0.2, 0.25) is 5.91 Å². The summed E-state index contributed by atoms with van der Waals surface area (Å²) in [4.78, 5) is 37.9. The molecule has 0 radical (unpaired) electrons. The molecule has 0 spiro atoms. The van der Waals surface area contributed by atoms with E-state index in [1.807, 2.05) is 25.7 Å². The third-order valence-corrected chi connectivity index (χ3v) is 5.97. The summed E-state index contributed by atoms with van der Waals surface area (Å²) in [6.45, 7) is 6.78. The van der Waals surface area contributed by atoms with Crippen LogP contribution in [0, 0.1) is 5.41 Å². The molecule has 30 heavy (non-hydrogen) atoms. The molecule has 2 aliphatic rings. The van der Waals surface area contributed by atoms with Gasteiger partial charge in [-0.2, -0.15) is 5.10 Å². The van der Waals surface area contributed by atoms with Crippen molar-refractivity contribution in [1.29, 1.82) is 0 Å². The van der Waals surface area contributed by atoms with E-state index in [2.05, 4.69) is 20.8 Å². The van der Waals surface area contributed by atoms with Crippen molar-refractivity contribution in [3.8, 4) is 0 Å². The number of H-pyrrole nitrogens is 1. The number of halogens is 1. The van der Waals surface area contributed by atoms with Crippen LogP contribution in [0.1, 0.15) is 52.9 Å². The van der Waals surface area contributed by atoms with Crippen LogP contribution in [0.25, 0.3) is 0 Å². The summed E-state index contributed by atoms with van der Waals surface area (Å²) in [5.41, 5.74) is -0.296. The number of hydrogen-bond donors (Lipinski definition) is 3. The van der Waals surface area contributed by atoms with Crippen molar-refractivity contribution in [3.63, 3.8) is 0 Å². The predicted molar refractivity (Wildman–Crippen MR) is 114 cm³/mol. The molecule has 0 aromatic carbocycles. The Morgan fingerprint density at radius 3 is 2.43 bits per heavy atom. The first kappa shape index (κ1) is 22.4. The highest BCUT2D eigenvalue weighted by Gasteiger charge is 2.30. The molecule has 10 heteroatoms. The molecule has 9 nitrogen and oxygen atoms in total. The molecule has 1 saturated carbocycles. The van der Waals surface area contributed by atoms with Crippen molar-refractivity contribution >= 4 is 29.3 Å². The zero-order chi connectivity index (χ0) is 21.9. The van der Waals surface area contributed by atoms with Gasteiger partial charge in [0.15, 0.2) is 0 Å². The minimum Gasteiger partial charge on any atom is -0.444 e. The number of carbonyl (C=O) groups excluding carboxylic acids is 2. The lowest BCUT2D eigenvalue weighted by Gasteiger charge is -2.31. The molecular weight excluding hydrogens is 410 g/mol. The van der Waals surface area contributed by atoms with E-state index in [1.165, 1.54) is 6.20 Å². The van der Waals surface area contributed by atoms with Crippen molar-refractivity contribution in [2.75, 3.05) is 18.0 Å². The standard InChI is InChI=1S/C20H30ClN5O4/c1-20(2,3)18(28)23-12-4-6-13(7-5-12)24-19(29)30-14-8-9-26(11-14)15-10-22-25-17(27)16(15)21/h10,12-14H,4-9,11H2,1-3H3,(H,23,28)(H,24,29)(H,25,27)/t12-,13+,14-/m1/s1. The fraction of sp³-hybridized carbons (Fsp3) is 0.700. The number of amides is 2. The molecule has 2 heterocycles. The molecule has 166 valence electrons. The fourth-order valence-electron chi connectivity index (χ4n) is 3.77. The van der Waals surface area contributed by atoms with Gasteiger partial charge in [0.25, 0.3) is 5.56 Å². The molecular formula is C20H30ClN5O4. The lowest BCUT2D eigenvalue weighted by Crippen LogP contribution is -2.47. The van der Waals surface area contributed by atoms with Crippen LogP contribution in [0.2, 0.25) is 5.02 Å². The molecule has 1 atom stereocenters. The quantitative estimate of drug-likeness (QED) is 0.662. The predicted octanol–water partition coefficient (Wildman–Crippen LogP) is 2.20. The van der Waals surface area contributed by atoms with Crippen LogP contribution in [0.15, 0.2) is 11.0 Å². The summed E-state index contributed by atoms with van der Waals surface area (Å²) in [7, 11) is 0. The Bertz CT molecular complexity index is 829. The van der Waals surface area contributed by atoms with Crippen LogP contribution >= 0.6 is 11.6 Å². The minimum atomic E-state index is -0.439. The summed E-state index contributed by atoms with van der Waals surface area (Å²) in [6, 6.07) is 0.200. The summed E-state index contributed by atoms with van der Waals surface area (Å²) in [5.74, 6) is 0.0554. The molecule has 3 N–H and O–H groups in total. The summed E-state index contributed by atoms with van der Waals surface area (Å²) >= 11 is 6.05. The van der Waals surface area contributed by atoms with Gasteiger partial charge in [-0.15, -0.1) is 0 Å². The highest BCUT2D eigenvalue weighted by molar-refractivity contribution is 6.33. The molecule has 2 amide bonds. The Hall–Kier alpha value is -2.29. The van der Waals surface area contributed by atoms with Crippen LogP contribution in [-0.4, -0.2) is 53.5 Å².